The van der Waals surface area contributed by atoms with Crippen molar-refractivity contribution in [3.8, 4) is 5.75 Å². The Morgan fingerprint density at radius 3 is 2.55 bits per heavy atom. The highest BCUT2D eigenvalue weighted by molar-refractivity contribution is 7.17. The van der Waals surface area contributed by atoms with Crippen LogP contribution in [0.15, 0.2) is 36.4 Å². The molecule has 0 unspecified atom stereocenters. The van der Waals surface area contributed by atoms with Crippen LogP contribution in [0.1, 0.15) is 51.4 Å². The minimum Gasteiger partial charge on any atom is -0.487 e. The first-order chi connectivity index (χ1) is 15.7. The summed E-state index contributed by atoms with van der Waals surface area (Å²) in [7, 11) is 2.03. The molecule has 7 heteroatoms. The van der Waals surface area contributed by atoms with Crippen LogP contribution in [-0.4, -0.2) is 48.1 Å². The molecule has 0 saturated carbocycles. The summed E-state index contributed by atoms with van der Waals surface area (Å²) in [5.74, 6) is -0.805. The van der Waals surface area contributed by atoms with Gasteiger partial charge in [-0.1, -0.05) is 38.1 Å². The number of benzene rings is 2. The van der Waals surface area contributed by atoms with Gasteiger partial charge < -0.3 is 15.2 Å². The predicted molar refractivity (Wildman–Crippen MR) is 131 cm³/mol. The molecule has 0 bridgehead atoms. The van der Waals surface area contributed by atoms with Crippen LogP contribution in [0.2, 0.25) is 0 Å². The van der Waals surface area contributed by atoms with Crippen LogP contribution < -0.4 is 10.1 Å². The van der Waals surface area contributed by atoms with E-state index in [0.29, 0.717) is 22.7 Å². The molecular formula is C26H28N2O4S. The summed E-state index contributed by atoms with van der Waals surface area (Å²) in [6.07, 6.45) is 2.58. The van der Waals surface area contributed by atoms with Crippen LogP contribution in [0.3, 0.4) is 0 Å². The van der Waals surface area contributed by atoms with E-state index in [4.69, 9.17) is 4.74 Å². The van der Waals surface area contributed by atoms with Crippen molar-refractivity contribution in [2.24, 2.45) is 5.41 Å². The molecule has 1 aromatic heterocycles. The highest BCUT2D eigenvalue weighted by Gasteiger charge is 2.34. The number of thiophene rings is 1. The Bertz CT molecular complexity index is 1260. The van der Waals surface area contributed by atoms with Crippen LogP contribution >= 0.6 is 11.3 Å². The molecule has 1 amide bonds. The molecule has 0 atom stereocenters. The molecule has 5 rings (SSSR count). The molecule has 6 nitrogen and oxygen atoms in total. The zero-order valence-corrected chi connectivity index (χ0v) is 19.9. The van der Waals surface area contributed by atoms with E-state index in [9.17, 15) is 14.7 Å². The number of hydrogen-bond acceptors (Lipinski definition) is 5. The van der Waals surface area contributed by atoms with E-state index >= 15 is 0 Å². The second-order valence-electron chi connectivity index (χ2n) is 9.96. The lowest BCUT2D eigenvalue weighted by atomic mass is 9.76. The number of hydrogen-bond donors (Lipinski definition) is 2. The van der Waals surface area contributed by atoms with Gasteiger partial charge in [-0.3, -0.25) is 9.69 Å². The van der Waals surface area contributed by atoms with Crippen molar-refractivity contribution in [1.82, 2.24) is 4.90 Å². The number of nitrogens with one attached hydrogen (secondary N) is 1. The summed E-state index contributed by atoms with van der Waals surface area (Å²) < 4.78 is 6.19. The van der Waals surface area contributed by atoms with E-state index in [0.717, 1.165) is 47.1 Å². The minimum absolute atomic E-state index is 0.0357. The molecule has 1 fully saturated rings. The van der Waals surface area contributed by atoms with Crippen molar-refractivity contribution in [3.63, 3.8) is 0 Å². The number of carboxylic acid groups (broad SMARTS) is 1. The number of fused-ring (bicyclic) bond motifs is 2. The van der Waals surface area contributed by atoms with Gasteiger partial charge in [0.15, 0.2) is 0 Å². The average Bonchev–Trinajstić information content (AvgIpc) is 3.08. The number of rotatable bonds is 5. The third-order valence-corrected chi connectivity index (χ3v) is 7.84. The van der Waals surface area contributed by atoms with Gasteiger partial charge in [0.1, 0.15) is 16.9 Å². The smallest absolute Gasteiger partial charge is 0.339 e. The molecule has 172 valence electrons. The number of nitrogens with zero attached hydrogens (tertiary/aromatic N) is 1. The number of carbonyl (C=O) groups is 2. The minimum atomic E-state index is -0.993. The van der Waals surface area contributed by atoms with Crippen molar-refractivity contribution >= 4 is 39.0 Å². The zero-order valence-electron chi connectivity index (χ0n) is 19.1. The van der Waals surface area contributed by atoms with Crippen molar-refractivity contribution in [3.05, 3.63) is 58.0 Å². The summed E-state index contributed by atoms with van der Waals surface area (Å²) in [5, 5.41) is 15.2. The van der Waals surface area contributed by atoms with Gasteiger partial charge in [0.25, 0.3) is 5.91 Å². The van der Waals surface area contributed by atoms with Gasteiger partial charge in [-0.05, 0) is 60.2 Å². The second kappa shape index (κ2) is 8.15. The fourth-order valence-corrected chi connectivity index (χ4v) is 6.00. The van der Waals surface area contributed by atoms with Crippen LogP contribution in [0.5, 0.6) is 5.75 Å². The van der Waals surface area contributed by atoms with E-state index in [1.54, 1.807) is 0 Å². The third-order valence-electron chi connectivity index (χ3n) is 6.63. The van der Waals surface area contributed by atoms with Crippen LogP contribution in [0.25, 0.3) is 10.8 Å². The number of amides is 1. The van der Waals surface area contributed by atoms with Crippen molar-refractivity contribution < 1.29 is 19.4 Å². The maximum Gasteiger partial charge on any atom is 0.339 e. The van der Waals surface area contributed by atoms with Crippen molar-refractivity contribution in [2.45, 2.75) is 39.2 Å². The van der Waals surface area contributed by atoms with Crippen LogP contribution in [0, 0.1) is 5.41 Å². The Labute approximate surface area is 197 Å². The molecule has 3 aromatic rings. The largest absolute Gasteiger partial charge is 0.487 e. The van der Waals surface area contributed by atoms with Crippen LogP contribution in [0.4, 0.5) is 5.00 Å². The monoisotopic (exact) mass is 464 g/mol. The lowest BCUT2D eigenvalue weighted by Gasteiger charge is -2.36. The van der Waals surface area contributed by atoms with E-state index in [2.05, 4.69) is 24.1 Å². The summed E-state index contributed by atoms with van der Waals surface area (Å²) in [6, 6.07) is 11.6. The van der Waals surface area contributed by atoms with Gasteiger partial charge in [0.05, 0.1) is 11.1 Å². The fraction of sp³-hybridized carbons (Fsp3) is 0.385. The Morgan fingerprint density at radius 2 is 1.88 bits per heavy atom. The van der Waals surface area contributed by atoms with Gasteiger partial charge >= 0.3 is 5.97 Å². The summed E-state index contributed by atoms with van der Waals surface area (Å²) in [4.78, 5) is 28.9. The van der Waals surface area contributed by atoms with E-state index in [1.807, 2.05) is 43.4 Å². The van der Waals surface area contributed by atoms with Gasteiger partial charge in [0.2, 0.25) is 0 Å². The number of anilines is 1. The molecule has 1 aliphatic carbocycles. The molecule has 2 N–H and O–H groups in total. The standard InChI is InChI=1S/C26H28N2O4S/c1-26(2)9-8-21-19(12-26)22(25(30)31)24(33-21)27-23(29)18-10-15-6-4-5-7-16(15)11-20(18)32-17-13-28(3)14-17/h4-7,10-11,17H,8-9,12-14H2,1-3H3,(H,27,29)(H,30,31). The van der Waals surface area contributed by atoms with Crippen molar-refractivity contribution in [2.75, 3.05) is 25.5 Å². The van der Waals surface area contributed by atoms with Crippen molar-refractivity contribution in [1.29, 1.82) is 0 Å². The molecule has 33 heavy (non-hydrogen) atoms. The first-order valence-corrected chi connectivity index (χ1v) is 12.1. The molecule has 2 aliphatic rings. The van der Waals surface area contributed by atoms with Gasteiger partial charge in [-0.15, -0.1) is 11.3 Å². The molecule has 0 radical (unpaired) electrons. The van der Waals surface area contributed by atoms with Gasteiger partial charge in [-0.2, -0.15) is 0 Å². The maximum atomic E-state index is 13.5. The highest BCUT2D eigenvalue weighted by Crippen LogP contribution is 2.44. The predicted octanol–water partition coefficient (Wildman–Crippen LogP) is 5.06. The van der Waals surface area contributed by atoms with E-state index < -0.39 is 5.97 Å². The van der Waals surface area contributed by atoms with E-state index in [1.165, 1.54) is 11.3 Å². The molecule has 0 spiro atoms. The Kier molecular flexibility index (Phi) is 5.41. The first kappa shape index (κ1) is 21.9. The average molecular weight is 465 g/mol. The SMILES string of the molecule is CN1CC(Oc2cc3ccccc3cc2C(=O)Nc2sc3c(c2C(=O)O)CC(C)(C)CC3)C1. The van der Waals surface area contributed by atoms with Gasteiger partial charge in [-0.25, -0.2) is 4.79 Å². The molecule has 1 saturated heterocycles. The first-order valence-electron chi connectivity index (χ1n) is 11.3. The number of aromatic carboxylic acids is 1. The molecule has 2 aromatic carbocycles. The quantitative estimate of drug-likeness (QED) is 0.552. The Hall–Kier alpha value is -2.90. The third kappa shape index (κ3) is 4.23. The molecule has 2 heterocycles. The summed E-state index contributed by atoms with van der Waals surface area (Å²) >= 11 is 1.39. The summed E-state index contributed by atoms with van der Waals surface area (Å²) in [5.41, 5.74) is 1.58. The fourth-order valence-electron chi connectivity index (χ4n) is 4.79. The van der Waals surface area contributed by atoms with Crippen LogP contribution in [-0.2, 0) is 12.8 Å². The topological polar surface area (TPSA) is 78.9 Å². The highest BCUT2D eigenvalue weighted by atomic mass is 32.1. The lowest BCUT2D eigenvalue weighted by Crippen LogP contribution is -2.51. The molecule has 1 aliphatic heterocycles. The molecular weight excluding hydrogens is 436 g/mol. The number of aryl methyl sites for hydroxylation is 1. The number of likely N-dealkylation sites (N-methyl/N-ethyl adjacent to an activating group) is 1. The number of likely N-dealkylation sites (tertiary alicyclic amines) is 1. The summed E-state index contributed by atoms with van der Waals surface area (Å²) in [6.45, 7) is 5.94. The maximum absolute atomic E-state index is 13.5. The number of carboxylic acids is 1. The normalized spacial score (nSPS) is 17.9. The Morgan fingerprint density at radius 1 is 1.18 bits per heavy atom. The number of ether oxygens (including phenoxy) is 1. The lowest BCUT2D eigenvalue weighted by molar-refractivity contribution is 0.0382. The second-order valence-corrected chi connectivity index (χ2v) is 11.1. The number of carbonyl (C=O) groups excluding carboxylic acids is 1. The van der Waals surface area contributed by atoms with E-state index in [-0.39, 0.29) is 23.0 Å². The Balaban J connectivity index is 1.50. The van der Waals surface area contributed by atoms with Gasteiger partial charge in [0, 0.05) is 18.0 Å². The zero-order chi connectivity index (χ0) is 23.3.